The maximum Gasteiger partial charge on any atom is 0.258 e. The molecule has 0 aliphatic heterocycles. The Balaban J connectivity index is 1.59. The van der Waals surface area contributed by atoms with Gasteiger partial charge in [0.1, 0.15) is 0 Å². The fraction of sp³-hybridized carbons (Fsp3) is 0.0400. The van der Waals surface area contributed by atoms with Crippen LogP contribution in [0.1, 0.15) is 15.9 Å². The van der Waals surface area contributed by atoms with Crippen molar-refractivity contribution in [2.24, 2.45) is 0 Å². The van der Waals surface area contributed by atoms with E-state index in [1.165, 1.54) is 0 Å². The van der Waals surface area contributed by atoms with Gasteiger partial charge in [-0.25, -0.2) is 4.98 Å². The van der Waals surface area contributed by atoms with Crippen molar-refractivity contribution in [2.75, 3.05) is 5.32 Å². The lowest BCUT2D eigenvalue weighted by atomic mass is 10.1. The lowest BCUT2D eigenvalue weighted by Gasteiger charge is -2.07. The molecule has 3 aromatic carbocycles. The lowest BCUT2D eigenvalue weighted by molar-refractivity contribution is 0.102. The molecule has 1 N–H and O–H groups in total. The topological polar surface area (TPSA) is 72.2 Å². The molecule has 0 atom stereocenters. The van der Waals surface area contributed by atoms with Gasteiger partial charge in [-0.05, 0) is 25.1 Å². The first kappa shape index (κ1) is 18.7. The van der Waals surface area contributed by atoms with Crippen LogP contribution < -0.4 is 5.32 Å². The minimum Gasteiger partial charge on any atom is -0.289 e. The van der Waals surface area contributed by atoms with Crippen LogP contribution in [0.2, 0.25) is 0 Å². The van der Waals surface area contributed by atoms with Crippen LogP contribution in [0.4, 0.5) is 5.95 Å². The zero-order valence-corrected chi connectivity index (χ0v) is 16.9. The largest absolute Gasteiger partial charge is 0.289 e. The average molecular weight is 405 g/mol. The van der Waals surface area contributed by atoms with E-state index < -0.39 is 0 Å². The highest BCUT2D eigenvalue weighted by molar-refractivity contribution is 6.03. The highest BCUT2D eigenvalue weighted by atomic mass is 16.1. The van der Waals surface area contributed by atoms with E-state index in [1.807, 2.05) is 85.8 Å². The molecule has 1 amide bonds. The van der Waals surface area contributed by atoms with Crippen molar-refractivity contribution in [3.63, 3.8) is 0 Å². The molecule has 0 unspecified atom stereocenters. The second kappa shape index (κ2) is 7.84. The minimum absolute atomic E-state index is 0.209. The van der Waals surface area contributed by atoms with Crippen LogP contribution >= 0.6 is 0 Å². The summed E-state index contributed by atoms with van der Waals surface area (Å²) in [6.07, 6.45) is 0. The number of amides is 1. The number of nitrogens with one attached hydrogen (secondary N) is 1. The first-order valence-corrected chi connectivity index (χ1v) is 9.94. The molecule has 5 aromatic rings. The highest BCUT2D eigenvalue weighted by Crippen LogP contribution is 2.26. The minimum atomic E-state index is -0.263. The fourth-order valence-corrected chi connectivity index (χ4v) is 3.37. The Morgan fingerprint density at radius 3 is 2.13 bits per heavy atom. The third-order valence-electron chi connectivity index (χ3n) is 4.99. The number of aromatic nitrogens is 4. The van der Waals surface area contributed by atoms with Crippen LogP contribution in [-0.4, -0.2) is 25.5 Å². The summed E-state index contributed by atoms with van der Waals surface area (Å²) < 4.78 is 1.66. The van der Waals surface area contributed by atoms with E-state index in [0.717, 1.165) is 28.1 Å². The SMILES string of the molecule is Cc1ccc(C(=O)Nc2nc3nc(-c4ccccc4)cc(-c4ccccc4)n3n2)cc1. The van der Waals surface area contributed by atoms with Crippen molar-refractivity contribution in [3.8, 4) is 22.5 Å². The first-order chi connectivity index (χ1) is 15.2. The summed E-state index contributed by atoms with van der Waals surface area (Å²) in [5.74, 6) is 0.361. The van der Waals surface area contributed by atoms with Crippen LogP contribution in [-0.2, 0) is 0 Å². The molecule has 31 heavy (non-hydrogen) atoms. The van der Waals surface area contributed by atoms with Gasteiger partial charge in [-0.2, -0.15) is 9.50 Å². The van der Waals surface area contributed by atoms with Gasteiger partial charge >= 0.3 is 0 Å². The number of hydrogen-bond donors (Lipinski definition) is 1. The molecule has 0 radical (unpaired) electrons. The summed E-state index contributed by atoms with van der Waals surface area (Å²) in [5.41, 5.74) is 5.23. The third-order valence-corrected chi connectivity index (χ3v) is 4.99. The van der Waals surface area contributed by atoms with Crippen molar-refractivity contribution in [1.82, 2.24) is 19.6 Å². The van der Waals surface area contributed by atoms with E-state index >= 15 is 0 Å². The van der Waals surface area contributed by atoms with Gasteiger partial charge in [-0.15, -0.1) is 5.10 Å². The number of aryl methyl sites for hydroxylation is 1. The van der Waals surface area contributed by atoms with Crippen molar-refractivity contribution < 1.29 is 4.79 Å². The molecule has 6 nitrogen and oxygen atoms in total. The molecular formula is C25H19N5O. The quantitative estimate of drug-likeness (QED) is 0.456. The Kier molecular flexibility index (Phi) is 4.72. The van der Waals surface area contributed by atoms with Crippen molar-refractivity contribution in [2.45, 2.75) is 6.92 Å². The summed E-state index contributed by atoms with van der Waals surface area (Å²) in [6, 6.07) is 29.2. The molecule has 0 aliphatic carbocycles. The average Bonchev–Trinajstić information content (AvgIpc) is 3.22. The molecule has 2 aromatic heterocycles. The molecule has 0 saturated carbocycles. The Morgan fingerprint density at radius 2 is 1.45 bits per heavy atom. The van der Waals surface area contributed by atoms with Crippen molar-refractivity contribution in [1.29, 1.82) is 0 Å². The zero-order chi connectivity index (χ0) is 21.2. The number of benzene rings is 3. The third kappa shape index (κ3) is 3.79. The van der Waals surface area contributed by atoms with Crippen molar-refractivity contribution >= 4 is 17.6 Å². The molecule has 0 saturated heterocycles. The summed E-state index contributed by atoms with van der Waals surface area (Å²) in [4.78, 5) is 21.8. The Hall–Kier alpha value is -4.32. The molecule has 2 heterocycles. The van der Waals surface area contributed by atoms with Gasteiger partial charge in [0.05, 0.1) is 11.4 Å². The van der Waals surface area contributed by atoms with Crippen LogP contribution in [0.5, 0.6) is 0 Å². The van der Waals surface area contributed by atoms with Gasteiger partial charge in [0.15, 0.2) is 0 Å². The zero-order valence-electron chi connectivity index (χ0n) is 16.9. The van der Waals surface area contributed by atoms with Gasteiger partial charge in [0.2, 0.25) is 0 Å². The number of carbonyl (C=O) groups is 1. The van der Waals surface area contributed by atoms with E-state index in [2.05, 4.69) is 20.4 Å². The normalized spacial score (nSPS) is 10.9. The summed E-state index contributed by atoms with van der Waals surface area (Å²) in [5, 5.41) is 7.30. The van der Waals surface area contributed by atoms with Crippen LogP contribution in [0.25, 0.3) is 28.3 Å². The summed E-state index contributed by atoms with van der Waals surface area (Å²) >= 11 is 0. The van der Waals surface area contributed by atoms with Gasteiger partial charge in [0.25, 0.3) is 17.6 Å². The first-order valence-electron chi connectivity index (χ1n) is 9.94. The van der Waals surface area contributed by atoms with Crippen LogP contribution in [0, 0.1) is 6.92 Å². The van der Waals surface area contributed by atoms with E-state index in [9.17, 15) is 4.79 Å². The monoisotopic (exact) mass is 405 g/mol. The number of hydrogen-bond acceptors (Lipinski definition) is 4. The predicted molar refractivity (Wildman–Crippen MR) is 121 cm³/mol. The van der Waals surface area contributed by atoms with E-state index in [4.69, 9.17) is 0 Å². The summed E-state index contributed by atoms with van der Waals surface area (Å²) in [7, 11) is 0. The second-order valence-corrected chi connectivity index (χ2v) is 7.23. The van der Waals surface area contributed by atoms with E-state index in [1.54, 1.807) is 16.6 Å². The molecule has 150 valence electrons. The fourth-order valence-electron chi connectivity index (χ4n) is 3.37. The number of anilines is 1. The van der Waals surface area contributed by atoms with Gasteiger partial charge in [0, 0.05) is 16.7 Å². The lowest BCUT2D eigenvalue weighted by Crippen LogP contribution is -2.13. The Labute approximate surface area is 179 Å². The van der Waals surface area contributed by atoms with Crippen LogP contribution in [0.15, 0.2) is 91.0 Å². The number of nitrogens with zero attached hydrogens (tertiary/aromatic N) is 4. The second-order valence-electron chi connectivity index (χ2n) is 7.23. The van der Waals surface area contributed by atoms with Gasteiger partial charge in [-0.1, -0.05) is 78.4 Å². The molecule has 0 fully saturated rings. The maximum atomic E-state index is 12.6. The molecular weight excluding hydrogens is 386 g/mol. The van der Waals surface area contributed by atoms with E-state index in [0.29, 0.717) is 11.3 Å². The molecule has 5 rings (SSSR count). The van der Waals surface area contributed by atoms with Gasteiger partial charge in [-0.3, -0.25) is 10.1 Å². The molecule has 6 heteroatoms. The Morgan fingerprint density at radius 1 is 0.806 bits per heavy atom. The molecule has 0 bridgehead atoms. The predicted octanol–water partition coefficient (Wildman–Crippen LogP) is 5.02. The number of fused-ring (bicyclic) bond motifs is 1. The van der Waals surface area contributed by atoms with Crippen molar-refractivity contribution in [3.05, 3.63) is 102 Å². The Bertz CT molecular complexity index is 1360. The summed E-state index contributed by atoms with van der Waals surface area (Å²) in [6.45, 7) is 1.98. The van der Waals surface area contributed by atoms with Gasteiger partial charge < -0.3 is 0 Å². The smallest absolute Gasteiger partial charge is 0.258 e. The molecule has 0 aliphatic rings. The standard InChI is InChI=1S/C25H19N5O/c1-17-12-14-20(15-13-17)23(31)27-24-28-25-26-21(18-8-4-2-5-9-18)16-22(30(25)29-24)19-10-6-3-7-11-19/h2-16H,1H3,(H,27,29,31). The highest BCUT2D eigenvalue weighted by Gasteiger charge is 2.15. The van der Waals surface area contributed by atoms with Crippen LogP contribution in [0.3, 0.4) is 0 Å². The number of rotatable bonds is 4. The maximum absolute atomic E-state index is 12.6. The van der Waals surface area contributed by atoms with E-state index in [-0.39, 0.29) is 11.9 Å². The molecule has 0 spiro atoms. The number of carbonyl (C=O) groups excluding carboxylic acids is 1.